The lowest BCUT2D eigenvalue weighted by molar-refractivity contribution is 0.0604. The van der Waals surface area contributed by atoms with E-state index in [0.29, 0.717) is 12.6 Å². The molecule has 0 saturated carbocycles. The minimum Gasteiger partial charge on any atom is -0.387 e. The van der Waals surface area contributed by atoms with E-state index in [2.05, 4.69) is 17.2 Å². The number of hydrogen-bond donors (Lipinski definition) is 2. The minimum absolute atomic E-state index is 0.430. The van der Waals surface area contributed by atoms with E-state index in [4.69, 9.17) is 4.74 Å². The van der Waals surface area contributed by atoms with Gasteiger partial charge in [-0.15, -0.1) is 0 Å². The van der Waals surface area contributed by atoms with Gasteiger partial charge in [0.25, 0.3) is 0 Å². The van der Waals surface area contributed by atoms with Gasteiger partial charge in [-0.2, -0.15) is 0 Å². The number of aliphatic hydroxyl groups is 1. The highest BCUT2D eigenvalue weighted by Crippen LogP contribution is 2.20. The lowest BCUT2D eigenvalue weighted by Gasteiger charge is -2.26. The molecule has 0 radical (unpaired) electrons. The molecular formula is C15H24N2O2. The van der Waals surface area contributed by atoms with E-state index in [1.807, 2.05) is 12.1 Å². The molecule has 1 fully saturated rings. The summed E-state index contributed by atoms with van der Waals surface area (Å²) in [7, 11) is 0. The summed E-state index contributed by atoms with van der Waals surface area (Å²) < 4.78 is 5.37. The molecule has 0 bridgehead atoms. The Morgan fingerprint density at radius 2 is 2.05 bits per heavy atom. The Labute approximate surface area is 115 Å². The lowest BCUT2D eigenvalue weighted by Crippen LogP contribution is -2.33. The Kier molecular flexibility index (Phi) is 5.76. The number of ether oxygens (including phenoxy) is 1. The Balaban J connectivity index is 1.69. The number of nitrogens with zero attached hydrogens (tertiary/aromatic N) is 1. The van der Waals surface area contributed by atoms with Gasteiger partial charge in [-0.25, -0.2) is 0 Å². The van der Waals surface area contributed by atoms with Gasteiger partial charge in [-0.05, 0) is 49.8 Å². The van der Waals surface area contributed by atoms with Gasteiger partial charge in [0.1, 0.15) is 0 Å². The number of aliphatic hydroxyl groups excluding tert-OH is 1. The van der Waals surface area contributed by atoms with E-state index in [9.17, 15) is 5.11 Å². The maximum Gasteiger partial charge on any atom is 0.0915 e. The van der Waals surface area contributed by atoms with E-state index < -0.39 is 6.10 Å². The van der Waals surface area contributed by atoms with Gasteiger partial charge >= 0.3 is 0 Å². The normalized spacial score (nSPS) is 20.1. The monoisotopic (exact) mass is 264 g/mol. The fraction of sp³-hybridized carbons (Fsp3) is 0.667. The van der Waals surface area contributed by atoms with Crippen molar-refractivity contribution >= 4 is 0 Å². The molecule has 1 aliphatic heterocycles. The predicted molar refractivity (Wildman–Crippen MR) is 74.8 cm³/mol. The topological polar surface area (TPSA) is 54.4 Å². The number of aromatic nitrogens is 1. The lowest BCUT2D eigenvalue weighted by atomic mass is 9.93. The van der Waals surface area contributed by atoms with Gasteiger partial charge < -0.3 is 15.2 Å². The van der Waals surface area contributed by atoms with Crippen LogP contribution in [0.5, 0.6) is 0 Å². The van der Waals surface area contributed by atoms with Crippen LogP contribution in [-0.4, -0.2) is 35.9 Å². The second-order valence-corrected chi connectivity index (χ2v) is 5.40. The molecule has 1 aromatic rings. The van der Waals surface area contributed by atoms with Crippen molar-refractivity contribution in [2.75, 3.05) is 19.8 Å². The molecule has 0 amide bonds. The second-order valence-electron chi connectivity index (χ2n) is 5.40. The molecule has 2 atom stereocenters. The Morgan fingerprint density at radius 3 is 2.74 bits per heavy atom. The average Bonchev–Trinajstić information content (AvgIpc) is 2.47. The highest BCUT2D eigenvalue weighted by Gasteiger charge is 2.17. The predicted octanol–water partition coefficient (Wildman–Crippen LogP) is 1.91. The molecule has 2 N–H and O–H groups in total. The van der Waals surface area contributed by atoms with Crippen LogP contribution in [0, 0.1) is 5.92 Å². The molecule has 2 rings (SSSR count). The summed E-state index contributed by atoms with van der Waals surface area (Å²) in [4.78, 5) is 3.96. The van der Waals surface area contributed by atoms with E-state index in [1.165, 1.54) is 12.8 Å². The van der Waals surface area contributed by atoms with Crippen molar-refractivity contribution in [3.05, 3.63) is 30.1 Å². The van der Waals surface area contributed by atoms with Crippen molar-refractivity contribution < 1.29 is 9.84 Å². The first-order chi connectivity index (χ1) is 9.25. The fourth-order valence-corrected chi connectivity index (χ4v) is 2.58. The van der Waals surface area contributed by atoms with Gasteiger partial charge in [-0.1, -0.05) is 0 Å². The molecule has 0 spiro atoms. The maximum absolute atomic E-state index is 10.1. The van der Waals surface area contributed by atoms with E-state index in [1.54, 1.807) is 12.4 Å². The van der Waals surface area contributed by atoms with Gasteiger partial charge in [0.15, 0.2) is 0 Å². The summed E-state index contributed by atoms with van der Waals surface area (Å²) in [6.07, 6.45) is 6.46. The Morgan fingerprint density at radius 1 is 1.37 bits per heavy atom. The molecule has 0 aromatic carbocycles. The average molecular weight is 264 g/mol. The molecule has 2 unspecified atom stereocenters. The van der Waals surface area contributed by atoms with Crippen molar-refractivity contribution in [3.63, 3.8) is 0 Å². The first-order valence-electron chi connectivity index (χ1n) is 7.15. The molecule has 2 heterocycles. The van der Waals surface area contributed by atoms with Gasteiger partial charge in [0.2, 0.25) is 0 Å². The van der Waals surface area contributed by atoms with Crippen LogP contribution in [0.4, 0.5) is 0 Å². The number of nitrogens with one attached hydrogen (secondary N) is 1. The maximum atomic E-state index is 10.1. The van der Waals surface area contributed by atoms with Crippen molar-refractivity contribution in [1.29, 1.82) is 0 Å². The Bertz CT molecular complexity index is 352. The molecule has 4 heteroatoms. The second kappa shape index (κ2) is 7.58. The zero-order valence-corrected chi connectivity index (χ0v) is 11.6. The molecule has 4 nitrogen and oxygen atoms in total. The molecule has 1 aromatic heterocycles. The molecule has 19 heavy (non-hydrogen) atoms. The van der Waals surface area contributed by atoms with Gasteiger partial charge in [0, 0.05) is 38.2 Å². The van der Waals surface area contributed by atoms with Crippen LogP contribution in [0.1, 0.15) is 37.9 Å². The minimum atomic E-state index is -0.458. The van der Waals surface area contributed by atoms with Crippen LogP contribution in [0.25, 0.3) is 0 Å². The summed E-state index contributed by atoms with van der Waals surface area (Å²) in [5.74, 6) is 0.759. The van der Waals surface area contributed by atoms with Crippen molar-refractivity contribution in [2.24, 2.45) is 5.92 Å². The third-order valence-electron chi connectivity index (χ3n) is 3.78. The number of hydrogen-bond acceptors (Lipinski definition) is 4. The molecular weight excluding hydrogens is 240 g/mol. The van der Waals surface area contributed by atoms with Crippen LogP contribution in [0.3, 0.4) is 0 Å². The van der Waals surface area contributed by atoms with Crippen LogP contribution in [0.15, 0.2) is 24.5 Å². The van der Waals surface area contributed by atoms with Gasteiger partial charge in [-0.3, -0.25) is 4.98 Å². The zero-order valence-electron chi connectivity index (χ0n) is 11.6. The Hall–Kier alpha value is -0.970. The van der Waals surface area contributed by atoms with Crippen molar-refractivity contribution in [1.82, 2.24) is 10.3 Å². The van der Waals surface area contributed by atoms with Crippen LogP contribution in [0.2, 0.25) is 0 Å². The van der Waals surface area contributed by atoms with E-state index >= 15 is 0 Å². The summed E-state index contributed by atoms with van der Waals surface area (Å²) in [6, 6.07) is 4.14. The number of rotatable bonds is 6. The zero-order chi connectivity index (χ0) is 13.5. The van der Waals surface area contributed by atoms with E-state index in [0.717, 1.165) is 31.1 Å². The smallest absolute Gasteiger partial charge is 0.0915 e. The summed E-state index contributed by atoms with van der Waals surface area (Å²) in [6.45, 7) is 4.58. The van der Waals surface area contributed by atoms with Crippen molar-refractivity contribution in [3.8, 4) is 0 Å². The molecule has 1 aliphatic rings. The van der Waals surface area contributed by atoms with E-state index in [-0.39, 0.29) is 0 Å². The van der Waals surface area contributed by atoms with Gasteiger partial charge in [0.05, 0.1) is 6.10 Å². The van der Waals surface area contributed by atoms with Crippen LogP contribution < -0.4 is 5.32 Å². The summed E-state index contributed by atoms with van der Waals surface area (Å²) in [5, 5.41) is 13.5. The third kappa shape index (κ3) is 4.90. The quantitative estimate of drug-likeness (QED) is 0.824. The first kappa shape index (κ1) is 14.4. The highest BCUT2D eigenvalue weighted by molar-refractivity contribution is 5.13. The SMILES string of the molecule is CC(CC1CCOCC1)NCC(O)c1ccncc1. The first-order valence-corrected chi connectivity index (χ1v) is 7.15. The largest absolute Gasteiger partial charge is 0.387 e. The summed E-state index contributed by atoms with van der Waals surface area (Å²) >= 11 is 0. The van der Waals surface area contributed by atoms with Crippen molar-refractivity contribution in [2.45, 2.75) is 38.3 Å². The van der Waals surface area contributed by atoms with Crippen LogP contribution in [-0.2, 0) is 4.74 Å². The number of pyridine rings is 1. The highest BCUT2D eigenvalue weighted by atomic mass is 16.5. The standard InChI is InChI=1S/C15H24N2O2/c1-12(10-13-4-8-19-9-5-13)17-11-15(18)14-2-6-16-7-3-14/h2-3,6-7,12-13,15,17-18H,4-5,8-11H2,1H3. The molecule has 106 valence electrons. The third-order valence-corrected chi connectivity index (χ3v) is 3.78. The molecule has 1 saturated heterocycles. The van der Waals surface area contributed by atoms with Crippen LogP contribution >= 0.6 is 0 Å². The fourth-order valence-electron chi connectivity index (χ4n) is 2.58. The summed E-state index contributed by atoms with van der Waals surface area (Å²) in [5.41, 5.74) is 0.917. The molecule has 0 aliphatic carbocycles.